The van der Waals surface area contributed by atoms with Gasteiger partial charge in [0.05, 0.1) is 17.4 Å². The molecule has 5 rings (SSSR count). The molecule has 0 unspecified atom stereocenters. The van der Waals surface area contributed by atoms with E-state index in [0.717, 1.165) is 33.5 Å². The Balaban J connectivity index is 1.34. The molecule has 9 nitrogen and oxygen atoms in total. The standard InChI is InChI=1S/C17H15N9S/c18-15-22-14(10-1-2-11-8-20-25-13(11)7-10)23-16(24-15)19-4-3-12-9-26-5-6-27-17(26)21-12/h1-2,5-9H,3-4H2,(H,20,25)(H3,18,19,22,23,24). The van der Waals surface area contributed by atoms with Crippen molar-refractivity contribution in [3.05, 3.63) is 47.9 Å². The van der Waals surface area contributed by atoms with Crippen molar-refractivity contribution in [1.82, 2.24) is 34.5 Å². The molecule has 0 aliphatic heterocycles. The number of thiazole rings is 1. The van der Waals surface area contributed by atoms with Gasteiger partial charge in [0.25, 0.3) is 0 Å². The number of nitrogen functional groups attached to an aromatic ring is 1. The minimum absolute atomic E-state index is 0.176. The van der Waals surface area contributed by atoms with Gasteiger partial charge in [-0.1, -0.05) is 12.1 Å². The van der Waals surface area contributed by atoms with Gasteiger partial charge in [-0.2, -0.15) is 20.1 Å². The number of aromatic nitrogens is 7. The lowest BCUT2D eigenvalue weighted by Crippen LogP contribution is -2.11. The van der Waals surface area contributed by atoms with E-state index in [4.69, 9.17) is 5.73 Å². The predicted molar refractivity (Wildman–Crippen MR) is 105 cm³/mol. The summed E-state index contributed by atoms with van der Waals surface area (Å²) < 4.78 is 2.02. The molecule has 0 atom stereocenters. The normalized spacial score (nSPS) is 11.4. The van der Waals surface area contributed by atoms with Crippen molar-refractivity contribution in [1.29, 1.82) is 0 Å². The maximum absolute atomic E-state index is 5.87. The zero-order valence-electron chi connectivity index (χ0n) is 14.1. The van der Waals surface area contributed by atoms with Gasteiger partial charge < -0.3 is 11.1 Å². The molecule has 0 bridgehead atoms. The van der Waals surface area contributed by atoms with Crippen LogP contribution in [0.15, 0.2) is 42.2 Å². The summed E-state index contributed by atoms with van der Waals surface area (Å²) in [5.41, 5.74) is 8.65. The second kappa shape index (κ2) is 6.32. The van der Waals surface area contributed by atoms with Crippen LogP contribution in [-0.4, -0.2) is 41.1 Å². The van der Waals surface area contributed by atoms with Crippen molar-refractivity contribution in [2.75, 3.05) is 17.6 Å². The highest BCUT2D eigenvalue weighted by atomic mass is 32.1. The SMILES string of the molecule is Nc1nc(NCCc2cn3ccsc3n2)nc(-c2ccc3cn[nH]c3c2)n1. The highest BCUT2D eigenvalue weighted by Gasteiger charge is 2.09. The Bertz CT molecular complexity index is 1210. The van der Waals surface area contributed by atoms with Gasteiger partial charge in [0.2, 0.25) is 11.9 Å². The van der Waals surface area contributed by atoms with Crippen molar-refractivity contribution in [2.24, 2.45) is 0 Å². The van der Waals surface area contributed by atoms with E-state index >= 15 is 0 Å². The third-order valence-electron chi connectivity index (χ3n) is 4.16. The highest BCUT2D eigenvalue weighted by molar-refractivity contribution is 7.15. The number of rotatable bonds is 5. The smallest absolute Gasteiger partial charge is 0.228 e. The van der Waals surface area contributed by atoms with Crippen LogP contribution in [0.3, 0.4) is 0 Å². The summed E-state index contributed by atoms with van der Waals surface area (Å²) in [5, 5.41) is 13.2. The summed E-state index contributed by atoms with van der Waals surface area (Å²) in [5.74, 6) is 1.14. The van der Waals surface area contributed by atoms with Crippen LogP contribution in [0.4, 0.5) is 11.9 Å². The Morgan fingerprint density at radius 2 is 2.15 bits per heavy atom. The molecule has 0 saturated heterocycles. The number of benzene rings is 1. The molecule has 4 aromatic heterocycles. The number of hydrogen-bond acceptors (Lipinski definition) is 8. The summed E-state index contributed by atoms with van der Waals surface area (Å²) in [6, 6.07) is 5.85. The van der Waals surface area contributed by atoms with E-state index in [1.54, 1.807) is 17.5 Å². The van der Waals surface area contributed by atoms with Gasteiger partial charge in [-0.15, -0.1) is 11.3 Å². The highest BCUT2D eigenvalue weighted by Crippen LogP contribution is 2.21. The van der Waals surface area contributed by atoms with Crippen molar-refractivity contribution in [2.45, 2.75) is 6.42 Å². The molecular formula is C17H15N9S. The summed E-state index contributed by atoms with van der Waals surface area (Å²) in [6.45, 7) is 0.646. The first-order valence-electron chi connectivity index (χ1n) is 8.34. The molecule has 0 spiro atoms. The molecule has 1 aromatic carbocycles. The van der Waals surface area contributed by atoms with E-state index in [-0.39, 0.29) is 5.95 Å². The van der Waals surface area contributed by atoms with E-state index in [2.05, 4.69) is 35.5 Å². The van der Waals surface area contributed by atoms with Crippen molar-refractivity contribution >= 4 is 39.1 Å². The molecule has 4 heterocycles. The zero-order valence-corrected chi connectivity index (χ0v) is 14.9. The van der Waals surface area contributed by atoms with Crippen LogP contribution in [0.2, 0.25) is 0 Å². The lowest BCUT2D eigenvalue weighted by atomic mass is 10.1. The van der Waals surface area contributed by atoms with Gasteiger partial charge in [0, 0.05) is 41.7 Å². The number of fused-ring (bicyclic) bond motifs is 2. The zero-order chi connectivity index (χ0) is 18.2. The van der Waals surface area contributed by atoms with Crippen LogP contribution in [0.5, 0.6) is 0 Å². The first-order chi connectivity index (χ1) is 13.2. The Kier molecular flexibility index (Phi) is 3.68. The van der Waals surface area contributed by atoms with Gasteiger partial charge in [-0.25, -0.2) is 4.98 Å². The lowest BCUT2D eigenvalue weighted by molar-refractivity contribution is 0.947. The van der Waals surface area contributed by atoms with Gasteiger partial charge in [-0.3, -0.25) is 9.50 Å². The molecule has 4 N–H and O–H groups in total. The number of imidazole rings is 1. The van der Waals surface area contributed by atoms with Gasteiger partial charge in [-0.05, 0) is 6.07 Å². The lowest BCUT2D eigenvalue weighted by Gasteiger charge is -2.07. The number of H-pyrrole nitrogens is 1. The molecular weight excluding hydrogens is 362 g/mol. The van der Waals surface area contributed by atoms with Crippen LogP contribution < -0.4 is 11.1 Å². The van der Waals surface area contributed by atoms with Crippen LogP contribution in [0.25, 0.3) is 27.3 Å². The van der Waals surface area contributed by atoms with E-state index in [1.807, 2.05) is 40.4 Å². The fourth-order valence-corrected chi connectivity index (χ4v) is 3.59. The summed E-state index contributed by atoms with van der Waals surface area (Å²) in [7, 11) is 0. The largest absolute Gasteiger partial charge is 0.368 e. The first-order valence-corrected chi connectivity index (χ1v) is 9.22. The second-order valence-corrected chi connectivity index (χ2v) is 6.89. The number of aromatic amines is 1. The van der Waals surface area contributed by atoms with Crippen molar-refractivity contribution < 1.29 is 0 Å². The average Bonchev–Trinajstić information content (AvgIpc) is 3.36. The molecule has 0 fully saturated rings. The monoisotopic (exact) mass is 377 g/mol. The van der Waals surface area contributed by atoms with Crippen LogP contribution in [-0.2, 0) is 6.42 Å². The molecule has 134 valence electrons. The summed E-state index contributed by atoms with van der Waals surface area (Å²) >= 11 is 1.62. The molecule has 10 heteroatoms. The quantitative estimate of drug-likeness (QED) is 0.430. The summed E-state index contributed by atoms with van der Waals surface area (Å²) in [6.07, 6.45) is 6.56. The Morgan fingerprint density at radius 3 is 3.07 bits per heavy atom. The Hall–Kier alpha value is -3.53. The molecule has 0 amide bonds. The van der Waals surface area contributed by atoms with E-state index in [9.17, 15) is 0 Å². The van der Waals surface area contributed by atoms with E-state index in [0.29, 0.717) is 18.3 Å². The van der Waals surface area contributed by atoms with E-state index in [1.165, 1.54) is 0 Å². The Morgan fingerprint density at radius 1 is 1.19 bits per heavy atom. The second-order valence-electron chi connectivity index (χ2n) is 6.01. The molecule has 0 saturated carbocycles. The van der Waals surface area contributed by atoms with Gasteiger partial charge in [0.15, 0.2) is 10.8 Å². The maximum Gasteiger partial charge on any atom is 0.228 e. The van der Waals surface area contributed by atoms with Crippen molar-refractivity contribution in [3.63, 3.8) is 0 Å². The first kappa shape index (κ1) is 15.7. The molecule has 5 aromatic rings. The van der Waals surface area contributed by atoms with Crippen LogP contribution >= 0.6 is 11.3 Å². The average molecular weight is 377 g/mol. The minimum atomic E-state index is 0.176. The number of nitrogens with zero attached hydrogens (tertiary/aromatic N) is 6. The molecule has 27 heavy (non-hydrogen) atoms. The topological polar surface area (TPSA) is 123 Å². The number of hydrogen-bond donors (Lipinski definition) is 3. The molecule has 0 radical (unpaired) electrons. The number of nitrogens with two attached hydrogens (primary N) is 1. The number of anilines is 2. The van der Waals surface area contributed by atoms with Gasteiger partial charge in [0.1, 0.15) is 0 Å². The van der Waals surface area contributed by atoms with E-state index < -0.39 is 0 Å². The fraction of sp³-hybridized carbons (Fsp3) is 0.118. The van der Waals surface area contributed by atoms with Crippen LogP contribution in [0.1, 0.15) is 5.69 Å². The molecule has 0 aliphatic carbocycles. The van der Waals surface area contributed by atoms with Crippen molar-refractivity contribution in [3.8, 4) is 11.4 Å². The van der Waals surface area contributed by atoms with Crippen LogP contribution in [0, 0.1) is 0 Å². The van der Waals surface area contributed by atoms with Gasteiger partial charge >= 0.3 is 0 Å². The summed E-state index contributed by atoms with van der Waals surface area (Å²) in [4.78, 5) is 18.5. The Labute approximate surface area is 157 Å². The predicted octanol–water partition coefficient (Wildman–Crippen LogP) is 2.36. The number of nitrogens with one attached hydrogen (secondary N) is 2. The fourth-order valence-electron chi connectivity index (χ4n) is 2.88. The third-order valence-corrected chi connectivity index (χ3v) is 4.93. The maximum atomic E-state index is 5.87. The minimum Gasteiger partial charge on any atom is -0.368 e. The third kappa shape index (κ3) is 3.06. The molecule has 0 aliphatic rings.